The number of aromatic nitrogens is 2. The summed E-state index contributed by atoms with van der Waals surface area (Å²) < 4.78 is 63.2. The number of carbonyl (C=O) groups is 1. The fourth-order valence-electron chi connectivity index (χ4n) is 5.95. The lowest BCUT2D eigenvalue weighted by Crippen LogP contribution is -2.23. The largest absolute Gasteiger partial charge is 0.493 e. The number of amides is 1. The number of ether oxygens (including phenoxy) is 1. The molecular formula is C24H21F4N3O3. The summed E-state index contributed by atoms with van der Waals surface area (Å²) in [5, 5.41) is 0.00391. The maximum Gasteiger partial charge on any atom is 0.268 e. The first-order valence-electron chi connectivity index (χ1n) is 10.9. The molecule has 3 aromatic rings. The van der Waals surface area contributed by atoms with E-state index in [9.17, 15) is 27.2 Å². The van der Waals surface area contributed by atoms with Gasteiger partial charge in [0, 0.05) is 41.8 Å². The Morgan fingerprint density at radius 1 is 1.26 bits per heavy atom. The van der Waals surface area contributed by atoms with E-state index in [2.05, 4.69) is 9.97 Å². The van der Waals surface area contributed by atoms with Gasteiger partial charge in [-0.25, -0.2) is 13.2 Å². The average molecular weight is 475 g/mol. The zero-order valence-corrected chi connectivity index (χ0v) is 18.1. The van der Waals surface area contributed by atoms with Crippen molar-refractivity contribution in [1.82, 2.24) is 9.97 Å². The molecule has 1 amide bonds. The van der Waals surface area contributed by atoms with Crippen LogP contribution in [0.2, 0.25) is 0 Å². The molecule has 1 aromatic carbocycles. The molecule has 5 rings (SSSR count). The average Bonchev–Trinajstić information content (AvgIpc) is 3.32. The van der Waals surface area contributed by atoms with Crippen molar-refractivity contribution in [2.75, 3.05) is 7.11 Å². The molecular weight excluding hydrogens is 454 g/mol. The molecule has 0 unspecified atom stereocenters. The van der Waals surface area contributed by atoms with Crippen LogP contribution in [0.3, 0.4) is 0 Å². The lowest BCUT2D eigenvalue weighted by Gasteiger charge is -2.27. The molecule has 3 N–H and O–H groups in total. The molecule has 10 heteroatoms. The summed E-state index contributed by atoms with van der Waals surface area (Å²) in [6.07, 6.45) is 1.27. The van der Waals surface area contributed by atoms with E-state index in [4.69, 9.17) is 10.5 Å². The van der Waals surface area contributed by atoms with Crippen LogP contribution in [0.4, 0.5) is 17.6 Å². The van der Waals surface area contributed by atoms with Gasteiger partial charge in [0.05, 0.1) is 18.0 Å². The zero-order valence-electron chi connectivity index (χ0n) is 18.1. The summed E-state index contributed by atoms with van der Waals surface area (Å²) in [6.45, 7) is 0. The third kappa shape index (κ3) is 3.26. The van der Waals surface area contributed by atoms with Gasteiger partial charge in [-0.3, -0.25) is 14.6 Å². The fourth-order valence-corrected chi connectivity index (χ4v) is 5.95. The summed E-state index contributed by atoms with van der Waals surface area (Å²) in [5.41, 5.74) is 5.54. The SMILES string of the molecule is COc1c([C@H]2[C@H]3CCC(F)(F)[C@H]3C[C@@H]2c2cc(=O)c3c(C(N)=O)nccc3[nH]2)ccc(F)c1F. The second-order valence-corrected chi connectivity index (χ2v) is 8.96. The first-order chi connectivity index (χ1) is 16.1. The third-order valence-electron chi connectivity index (χ3n) is 7.31. The van der Waals surface area contributed by atoms with Gasteiger partial charge in [0.25, 0.3) is 11.8 Å². The minimum atomic E-state index is -2.91. The summed E-state index contributed by atoms with van der Waals surface area (Å²) in [7, 11) is 1.20. The second kappa shape index (κ2) is 7.82. The smallest absolute Gasteiger partial charge is 0.268 e. The molecule has 4 atom stereocenters. The van der Waals surface area contributed by atoms with Gasteiger partial charge in [-0.05, 0) is 36.8 Å². The molecule has 2 saturated carbocycles. The zero-order chi connectivity index (χ0) is 24.4. The van der Waals surface area contributed by atoms with Crippen molar-refractivity contribution in [3.8, 4) is 5.75 Å². The second-order valence-electron chi connectivity index (χ2n) is 8.96. The Hall–Kier alpha value is -3.43. The molecule has 0 aliphatic heterocycles. The molecule has 0 radical (unpaired) electrons. The molecule has 34 heavy (non-hydrogen) atoms. The Morgan fingerprint density at radius 2 is 2.03 bits per heavy atom. The van der Waals surface area contributed by atoms with Gasteiger partial charge >= 0.3 is 0 Å². The van der Waals surface area contributed by atoms with Crippen LogP contribution in [-0.4, -0.2) is 28.9 Å². The molecule has 0 spiro atoms. The van der Waals surface area contributed by atoms with Crippen molar-refractivity contribution >= 4 is 16.8 Å². The molecule has 2 heterocycles. The minimum absolute atomic E-state index is 0.00391. The number of H-pyrrole nitrogens is 1. The summed E-state index contributed by atoms with van der Waals surface area (Å²) in [4.78, 5) is 31.7. The Bertz CT molecular complexity index is 1370. The number of methoxy groups -OCH3 is 1. The predicted molar refractivity (Wildman–Crippen MR) is 115 cm³/mol. The van der Waals surface area contributed by atoms with Crippen molar-refractivity contribution in [3.63, 3.8) is 0 Å². The Morgan fingerprint density at radius 3 is 2.74 bits per heavy atom. The number of aromatic amines is 1. The van der Waals surface area contributed by atoms with Crippen molar-refractivity contribution in [2.24, 2.45) is 17.6 Å². The highest BCUT2D eigenvalue weighted by Crippen LogP contribution is 2.63. The summed E-state index contributed by atoms with van der Waals surface area (Å²) in [6, 6.07) is 5.06. The predicted octanol–water partition coefficient (Wildman–Crippen LogP) is 4.24. The number of nitrogens with two attached hydrogens (primary N) is 1. The van der Waals surface area contributed by atoms with Crippen LogP contribution in [-0.2, 0) is 0 Å². The number of nitrogens with one attached hydrogen (secondary N) is 1. The lowest BCUT2D eigenvalue weighted by atomic mass is 9.80. The van der Waals surface area contributed by atoms with E-state index in [1.807, 2.05) is 0 Å². The summed E-state index contributed by atoms with van der Waals surface area (Å²) >= 11 is 0. The number of alkyl halides is 2. The number of nitrogens with zero attached hydrogens (tertiary/aromatic N) is 1. The maximum absolute atomic E-state index is 14.8. The van der Waals surface area contributed by atoms with Gasteiger partial charge in [-0.2, -0.15) is 4.39 Å². The Labute approximate surface area is 191 Å². The molecule has 6 nitrogen and oxygen atoms in total. The van der Waals surface area contributed by atoms with E-state index in [0.717, 1.165) is 6.07 Å². The third-order valence-corrected chi connectivity index (χ3v) is 7.31. The number of halogens is 4. The quantitative estimate of drug-likeness (QED) is 0.552. The number of rotatable bonds is 4. The number of hydrogen-bond donors (Lipinski definition) is 2. The van der Waals surface area contributed by atoms with Gasteiger partial charge < -0.3 is 15.5 Å². The molecule has 2 aliphatic rings. The fraction of sp³-hybridized carbons (Fsp3) is 0.375. The van der Waals surface area contributed by atoms with Crippen LogP contribution in [0.15, 0.2) is 35.3 Å². The van der Waals surface area contributed by atoms with E-state index >= 15 is 0 Å². The number of fused-ring (bicyclic) bond motifs is 2. The molecule has 2 aromatic heterocycles. The number of carbonyl (C=O) groups excluding carboxylic acids is 1. The van der Waals surface area contributed by atoms with E-state index < -0.39 is 52.6 Å². The number of benzene rings is 1. The highest BCUT2D eigenvalue weighted by molar-refractivity contribution is 6.03. The number of hydrogen-bond acceptors (Lipinski definition) is 4. The number of pyridine rings is 2. The van der Waals surface area contributed by atoms with Gasteiger partial charge in [0.2, 0.25) is 5.82 Å². The first kappa shape index (κ1) is 22.4. The highest BCUT2D eigenvalue weighted by Gasteiger charge is 2.59. The van der Waals surface area contributed by atoms with Crippen LogP contribution < -0.4 is 15.9 Å². The summed E-state index contributed by atoms with van der Waals surface area (Å²) in [5.74, 6) is -9.17. The normalized spacial score (nSPS) is 25.4. The molecule has 178 valence electrons. The molecule has 2 aliphatic carbocycles. The molecule has 0 bridgehead atoms. The number of primary amides is 1. The Kier molecular flexibility index (Phi) is 5.14. The van der Waals surface area contributed by atoms with Crippen LogP contribution in [0.1, 0.15) is 52.8 Å². The molecule has 0 saturated heterocycles. The topological polar surface area (TPSA) is 98.1 Å². The van der Waals surface area contributed by atoms with Crippen molar-refractivity contribution in [2.45, 2.75) is 37.0 Å². The monoisotopic (exact) mass is 475 g/mol. The van der Waals surface area contributed by atoms with Gasteiger partial charge in [0.15, 0.2) is 17.0 Å². The van der Waals surface area contributed by atoms with E-state index in [1.165, 1.54) is 31.5 Å². The minimum Gasteiger partial charge on any atom is -0.493 e. The first-order valence-corrected chi connectivity index (χ1v) is 10.9. The van der Waals surface area contributed by atoms with Crippen LogP contribution in [0.5, 0.6) is 5.75 Å². The molecule has 2 fully saturated rings. The van der Waals surface area contributed by atoms with Gasteiger partial charge in [-0.15, -0.1) is 0 Å². The Balaban J connectivity index is 1.70. The van der Waals surface area contributed by atoms with Crippen molar-refractivity contribution in [3.05, 3.63) is 69.3 Å². The highest BCUT2D eigenvalue weighted by atomic mass is 19.3. The maximum atomic E-state index is 14.8. The van der Waals surface area contributed by atoms with Crippen molar-refractivity contribution in [1.29, 1.82) is 0 Å². The van der Waals surface area contributed by atoms with Gasteiger partial charge in [-0.1, -0.05) is 6.07 Å². The lowest BCUT2D eigenvalue weighted by molar-refractivity contribution is -0.0415. The van der Waals surface area contributed by atoms with E-state index in [-0.39, 0.29) is 47.2 Å². The standard InChI is InChI=1S/C24H21F4N3O3/c1-34-22-11(2-3-14(25)20(22)26)18-10-4-6-24(27,28)13(10)8-12(18)16-9-17(32)19-15(31-16)5-7-30-21(19)23(29)33/h2-3,5,7,9-10,12-13,18H,4,6,8H2,1H3,(H2,29,33)(H,31,32)/t10-,12+,13-,18+/m0/s1. The van der Waals surface area contributed by atoms with E-state index in [1.54, 1.807) is 0 Å². The van der Waals surface area contributed by atoms with Crippen molar-refractivity contribution < 1.29 is 27.1 Å². The van der Waals surface area contributed by atoms with Crippen LogP contribution in [0.25, 0.3) is 10.9 Å². The van der Waals surface area contributed by atoms with Crippen LogP contribution >= 0.6 is 0 Å². The van der Waals surface area contributed by atoms with Gasteiger partial charge in [0.1, 0.15) is 5.69 Å². The van der Waals surface area contributed by atoms with Crippen LogP contribution in [0, 0.1) is 23.5 Å². The van der Waals surface area contributed by atoms with E-state index in [0.29, 0.717) is 5.69 Å².